The highest BCUT2D eigenvalue weighted by molar-refractivity contribution is 5.97. The zero-order valence-electron chi connectivity index (χ0n) is 15.7. The first kappa shape index (κ1) is 19.5. The predicted molar refractivity (Wildman–Crippen MR) is 97.5 cm³/mol. The third kappa shape index (κ3) is 6.21. The van der Waals surface area contributed by atoms with E-state index < -0.39 is 0 Å². The van der Waals surface area contributed by atoms with E-state index >= 15 is 0 Å². The van der Waals surface area contributed by atoms with Crippen LogP contribution in [-0.2, 0) is 4.74 Å². The van der Waals surface area contributed by atoms with Crippen molar-refractivity contribution in [1.29, 1.82) is 0 Å². The average molecular weight is 350 g/mol. The predicted octanol–water partition coefficient (Wildman–Crippen LogP) is 2.18. The Balaban J connectivity index is 1.92. The molecule has 1 aliphatic rings. The molecule has 6 nitrogen and oxygen atoms in total. The molecule has 2 rings (SSSR count). The van der Waals surface area contributed by atoms with Gasteiger partial charge < -0.3 is 19.5 Å². The fraction of sp³-hybridized carbons (Fsp3) is 0.632. The molecule has 1 atom stereocenters. The number of hydrogen-bond acceptors (Lipinski definition) is 5. The van der Waals surface area contributed by atoms with E-state index in [4.69, 9.17) is 14.2 Å². The number of benzene rings is 1. The maximum atomic E-state index is 12.6. The fourth-order valence-electron chi connectivity index (χ4n) is 2.82. The van der Waals surface area contributed by atoms with Gasteiger partial charge in [-0.25, -0.2) is 0 Å². The second-order valence-electron chi connectivity index (χ2n) is 6.76. The van der Waals surface area contributed by atoms with Crippen LogP contribution in [0.1, 0.15) is 31.1 Å². The van der Waals surface area contributed by atoms with E-state index in [9.17, 15) is 4.79 Å². The first-order valence-electron chi connectivity index (χ1n) is 8.92. The van der Waals surface area contributed by atoms with Crippen LogP contribution in [0.3, 0.4) is 0 Å². The van der Waals surface area contributed by atoms with Gasteiger partial charge in [0, 0.05) is 32.2 Å². The van der Waals surface area contributed by atoms with Crippen molar-refractivity contribution in [2.45, 2.75) is 26.9 Å². The average Bonchev–Trinajstić information content (AvgIpc) is 2.60. The van der Waals surface area contributed by atoms with Crippen molar-refractivity contribution in [3.8, 4) is 11.5 Å². The number of amides is 1. The van der Waals surface area contributed by atoms with E-state index in [1.165, 1.54) is 0 Å². The van der Waals surface area contributed by atoms with Crippen LogP contribution < -0.4 is 14.8 Å². The topological polar surface area (TPSA) is 60.0 Å². The first-order valence-corrected chi connectivity index (χ1v) is 8.92. The van der Waals surface area contributed by atoms with Gasteiger partial charge in [0.1, 0.15) is 11.5 Å². The van der Waals surface area contributed by atoms with Crippen molar-refractivity contribution >= 4 is 5.91 Å². The molecule has 1 aromatic rings. The van der Waals surface area contributed by atoms with Gasteiger partial charge in [0.05, 0.1) is 32.0 Å². The number of methoxy groups -OCH3 is 1. The molecule has 0 spiro atoms. The molecule has 1 amide bonds. The van der Waals surface area contributed by atoms with Crippen molar-refractivity contribution in [2.75, 3.05) is 46.5 Å². The molecule has 0 saturated carbocycles. The second-order valence-corrected chi connectivity index (χ2v) is 6.76. The molecule has 0 radical (unpaired) electrons. The Morgan fingerprint density at radius 3 is 2.64 bits per heavy atom. The number of rotatable bonds is 8. The van der Waals surface area contributed by atoms with Crippen molar-refractivity contribution in [1.82, 2.24) is 10.2 Å². The van der Waals surface area contributed by atoms with Crippen LogP contribution in [0.2, 0.25) is 0 Å². The molecule has 0 unspecified atom stereocenters. The van der Waals surface area contributed by atoms with E-state index in [2.05, 4.69) is 17.1 Å². The Kier molecular flexibility index (Phi) is 7.52. The van der Waals surface area contributed by atoms with Crippen LogP contribution in [0.25, 0.3) is 0 Å². The van der Waals surface area contributed by atoms with Crippen LogP contribution in [0.5, 0.6) is 11.5 Å². The minimum absolute atomic E-state index is 0.0149. The molecule has 1 aromatic carbocycles. The third-order valence-electron chi connectivity index (χ3n) is 4.08. The monoisotopic (exact) mass is 350 g/mol. The number of hydrogen-bond donors (Lipinski definition) is 1. The highest BCUT2D eigenvalue weighted by Gasteiger charge is 2.17. The maximum absolute atomic E-state index is 12.6. The Morgan fingerprint density at radius 2 is 2.00 bits per heavy atom. The van der Waals surface area contributed by atoms with Crippen LogP contribution >= 0.6 is 0 Å². The zero-order chi connectivity index (χ0) is 18.2. The van der Waals surface area contributed by atoms with Crippen LogP contribution in [-0.4, -0.2) is 63.4 Å². The molecule has 1 fully saturated rings. The summed E-state index contributed by atoms with van der Waals surface area (Å²) in [5.41, 5.74) is 0.535. The number of carbonyl (C=O) groups excluding carboxylic acids is 1. The molecule has 1 N–H and O–H groups in total. The first-order chi connectivity index (χ1) is 12.0. The Bertz CT molecular complexity index is 556. The maximum Gasteiger partial charge on any atom is 0.255 e. The van der Waals surface area contributed by atoms with Gasteiger partial charge in [-0.2, -0.15) is 0 Å². The lowest BCUT2D eigenvalue weighted by Crippen LogP contribution is -2.41. The minimum Gasteiger partial charge on any atom is -0.497 e. The molecular weight excluding hydrogens is 320 g/mol. The van der Waals surface area contributed by atoms with Gasteiger partial charge in [-0.3, -0.25) is 9.69 Å². The second kappa shape index (κ2) is 9.63. The summed E-state index contributed by atoms with van der Waals surface area (Å²) < 4.78 is 16.4. The van der Waals surface area contributed by atoms with Crippen LogP contribution in [0.4, 0.5) is 0 Å². The van der Waals surface area contributed by atoms with E-state index in [0.29, 0.717) is 29.5 Å². The molecule has 1 aliphatic heterocycles. The lowest BCUT2D eigenvalue weighted by molar-refractivity contribution is 0.0317. The van der Waals surface area contributed by atoms with Crippen LogP contribution in [0, 0.1) is 5.92 Å². The molecule has 0 bridgehead atoms. The molecule has 0 aromatic heterocycles. The van der Waals surface area contributed by atoms with Crippen molar-refractivity contribution in [3.63, 3.8) is 0 Å². The van der Waals surface area contributed by atoms with Gasteiger partial charge in [-0.1, -0.05) is 6.92 Å². The van der Waals surface area contributed by atoms with Crippen LogP contribution in [0.15, 0.2) is 18.2 Å². The summed E-state index contributed by atoms with van der Waals surface area (Å²) in [4.78, 5) is 15.0. The van der Waals surface area contributed by atoms with Gasteiger partial charge >= 0.3 is 0 Å². The molecule has 6 heteroatoms. The summed E-state index contributed by atoms with van der Waals surface area (Å²) in [5.74, 6) is 1.47. The largest absolute Gasteiger partial charge is 0.497 e. The van der Waals surface area contributed by atoms with E-state index in [1.807, 2.05) is 13.8 Å². The Hall–Kier alpha value is -1.79. The summed E-state index contributed by atoms with van der Waals surface area (Å²) in [7, 11) is 1.60. The zero-order valence-corrected chi connectivity index (χ0v) is 15.7. The Labute approximate surface area is 150 Å². The van der Waals surface area contributed by atoms with Crippen molar-refractivity contribution in [3.05, 3.63) is 23.8 Å². The molecule has 1 saturated heterocycles. The van der Waals surface area contributed by atoms with E-state index in [-0.39, 0.29) is 12.0 Å². The van der Waals surface area contributed by atoms with Gasteiger partial charge in [0.15, 0.2) is 0 Å². The molecule has 1 heterocycles. The smallest absolute Gasteiger partial charge is 0.255 e. The SMILES string of the molecule is COc1ccc(C(=O)NC[C@H](C)CN2CCOCC2)c(OC(C)C)c1. The summed E-state index contributed by atoms with van der Waals surface area (Å²) >= 11 is 0. The number of nitrogens with one attached hydrogen (secondary N) is 1. The summed E-state index contributed by atoms with van der Waals surface area (Å²) in [6.45, 7) is 11.1. The molecule has 0 aliphatic carbocycles. The van der Waals surface area contributed by atoms with Gasteiger partial charge in [-0.05, 0) is 31.9 Å². The van der Waals surface area contributed by atoms with E-state index in [1.54, 1.807) is 25.3 Å². The highest BCUT2D eigenvalue weighted by atomic mass is 16.5. The lowest BCUT2D eigenvalue weighted by Gasteiger charge is -2.29. The number of morpholine rings is 1. The third-order valence-corrected chi connectivity index (χ3v) is 4.08. The standard InChI is InChI=1S/C19H30N2O4/c1-14(2)25-18-11-16(23-4)5-6-17(18)19(22)20-12-15(3)13-21-7-9-24-10-8-21/h5-6,11,14-15H,7-10,12-13H2,1-4H3,(H,20,22)/t15-/m0/s1. The lowest BCUT2D eigenvalue weighted by atomic mass is 10.1. The summed E-state index contributed by atoms with van der Waals surface area (Å²) in [6, 6.07) is 5.28. The quantitative estimate of drug-likeness (QED) is 0.779. The van der Waals surface area contributed by atoms with E-state index in [0.717, 1.165) is 32.8 Å². The van der Waals surface area contributed by atoms with Gasteiger partial charge in [0.2, 0.25) is 0 Å². The number of carbonyl (C=O) groups is 1. The number of nitrogens with zero attached hydrogens (tertiary/aromatic N) is 1. The minimum atomic E-state index is -0.118. The normalized spacial score (nSPS) is 16.5. The Morgan fingerprint density at radius 1 is 1.28 bits per heavy atom. The molecular formula is C19H30N2O4. The summed E-state index contributed by atoms with van der Waals surface area (Å²) in [5, 5.41) is 3.02. The van der Waals surface area contributed by atoms with Gasteiger partial charge in [-0.15, -0.1) is 0 Å². The number of ether oxygens (including phenoxy) is 3. The fourth-order valence-corrected chi connectivity index (χ4v) is 2.82. The van der Waals surface area contributed by atoms with Crippen molar-refractivity contribution in [2.24, 2.45) is 5.92 Å². The highest BCUT2D eigenvalue weighted by Crippen LogP contribution is 2.26. The van der Waals surface area contributed by atoms with Gasteiger partial charge in [0.25, 0.3) is 5.91 Å². The molecule has 25 heavy (non-hydrogen) atoms. The summed E-state index contributed by atoms with van der Waals surface area (Å²) in [6.07, 6.45) is -0.0149. The van der Waals surface area contributed by atoms with Crippen molar-refractivity contribution < 1.29 is 19.0 Å². The molecule has 140 valence electrons.